The van der Waals surface area contributed by atoms with Crippen LogP contribution in [-0.2, 0) is 4.79 Å². The molecule has 12 heavy (non-hydrogen) atoms. The number of hydrogen-bond donors (Lipinski definition) is 0. The van der Waals surface area contributed by atoms with Crippen molar-refractivity contribution in [2.75, 3.05) is 13.1 Å². The Balaban J connectivity index is 2.01. The van der Waals surface area contributed by atoms with Crippen molar-refractivity contribution in [2.24, 2.45) is 0 Å². The Kier molecular flexibility index (Phi) is 2.12. The highest BCUT2D eigenvalue weighted by Crippen LogP contribution is 2.34. The Labute approximate surface area is 85.9 Å². The lowest BCUT2D eigenvalue weighted by Crippen LogP contribution is -2.61. The first-order valence-electron chi connectivity index (χ1n) is 4.09. The van der Waals surface area contributed by atoms with Crippen LogP contribution in [0.5, 0.6) is 0 Å². The normalized spacial score (nSPS) is 34.2. The lowest BCUT2D eigenvalue weighted by atomic mass is 9.98. The standard InChI is InChI=1S/C8H11IN2O/c1-2-8(12)10-5-7-6(10)3-4-11(7)9/h2,6-7H,1,3-5H2. The van der Waals surface area contributed by atoms with Gasteiger partial charge in [-0.3, -0.25) is 4.79 Å². The number of likely N-dealkylation sites (tertiary alicyclic amines) is 1. The van der Waals surface area contributed by atoms with Crippen LogP contribution in [-0.4, -0.2) is 39.1 Å². The van der Waals surface area contributed by atoms with E-state index >= 15 is 0 Å². The van der Waals surface area contributed by atoms with E-state index in [1.165, 1.54) is 6.08 Å². The van der Waals surface area contributed by atoms with Gasteiger partial charge in [0.25, 0.3) is 0 Å². The topological polar surface area (TPSA) is 23.6 Å². The van der Waals surface area contributed by atoms with Crippen LogP contribution in [0.15, 0.2) is 12.7 Å². The van der Waals surface area contributed by atoms with Crippen LogP contribution >= 0.6 is 22.9 Å². The maximum absolute atomic E-state index is 11.2. The minimum atomic E-state index is 0.0861. The lowest BCUT2D eigenvalue weighted by molar-refractivity contribution is -0.134. The summed E-state index contributed by atoms with van der Waals surface area (Å²) in [5.74, 6) is 0.0861. The third-order valence-corrected chi connectivity index (χ3v) is 3.88. The molecular weight excluding hydrogens is 267 g/mol. The van der Waals surface area contributed by atoms with E-state index in [4.69, 9.17) is 0 Å². The van der Waals surface area contributed by atoms with Gasteiger partial charge in [0, 0.05) is 36.0 Å². The summed E-state index contributed by atoms with van der Waals surface area (Å²) >= 11 is 2.34. The predicted octanol–water partition coefficient (Wildman–Crippen LogP) is 0.807. The molecule has 0 aromatic heterocycles. The third kappa shape index (κ3) is 1.08. The molecule has 2 aliphatic rings. The molecule has 2 fully saturated rings. The molecule has 2 heterocycles. The second-order valence-corrected chi connectivity index (χ2v) is 4.48. The summed E-state index contributed by atoms with van der Waals surface area (Å²) in [4.78, 5) is 13.1. The van der Waals surface area contributed by atoms with Crippen LogP contribution in [0.1, 0.15) is 6.42 Å². The number of fused-ring (bicyclic) bond motifs is 1. The zero-order valence-corrected chi connectivity index (χ0v) is 8.90. The molecule has 0 aromatic rings. The Hall–Kier alpha value is -0.100. The fourth-order valence-electron chi connectivity index (χ4n) is 1.94. The highest BCUT2D eigenvalue weighted by molar-refractivity contribution is 14.1. The van der Waals surface area contributed by atoms with E-state index in [2.05, 4.69) is 32.6 Å². The van der Waals surface area contributed by atoms with Gasteiger partial charge in [0.05, 0.1) is 12.1 Å². The SMILES string of the molecule is C=CC(=O)N1CC2C1CCN2I. The molecule has 3 nitrogen and oxygen atoms in total. The summed E-state index contributed by atoms with van der Waals surface area (Å²) in [6.07, 6.45) is 2.53. The van der Waals surface area contributed by atoms with Gasteiger partial charge in [-0.25, -0.2) is 3.11 Å². The van der Waals surface area contributed by atoms with Gasteiger partial charge in [0.2, 0.25) is 5.91 Å². The van der Waals surface area contributed by atoms with E-state index < -0.39 is 0 Å². The van der Waals surface area contributed by atoms with Crippen LogP contribution in [0, 0.1) is 0 Å². The summed E-state index contributed by atoms with van der Waals surface area (Å²) < 4.78 is 2.30. The molecule has 66 valence electrons. The lowest BCUT2D eigenvalue weighted by Gasteiger charge is -2.45. The number of carbonyl (C=O) groups excluding carboxylic acids is 1. The summed E-state index contributed by atoms with van der Waals surface area (Å²) in [7, 11) is 0. The summed E-state index contributed by atoms with van der Waals surface area (Å²) in [5.41, 5.74) is 0. The van der Waals surface area contributed by atoms with Crippen molar-refractivity contribution in [2.45, 2.75) is 18.5 Å². The number of halogens is 1. The van der Waals surface area contributed by atoms with Crippen molar-refractivity contribution in [3.8, 4) is 0 Å². The van der Waals surface area contributed by atoms with E-state index in [0.717, 1.165) is 19.5 Å². The number of hydrogen-bond acceptors (Lipinski definition) is 2. The molecule has 0 N–H and O–H groups in total. The van der Waals surface area contributed by atoms with E-state index in [9.17, 15) is 4.79 Å². The highest BCUT2D eigenvalue weighted by Gasteiger charge is 2.47. The molecule has 1 amide bonds. The maximum Gasteiger partial charge on any atom is 0.246 e. The van der Waals surface area contributed by atoms with E-state index in [1.54, 1.807) is 0 Å². The zero-order chi connectivity index (χ0) is 8.72. The Morgan fingerprint density at radius 2 is 2.33 bits per heavy atom. The second kappa shape index (κ2) is 2.99. The molecule has 2 atom stereocenters. The minimum Gasteiger partial charge on any atom is -0.333 e. The van der Waals surface area contributed by atoms with E-state index in [-0.39, 0.29) is 5.91 Å². The summed E-state index contributed by atoms with van der Waals surface area (Å²) in [6, 6.07) is 1.07. The molecule has 0 bridgehead atoms. The molecule has 0 spiro atoms. The third-order valence-electron chi connectivity index (χ3n) is 2.68. The fraction of sp³-hybridized carbons (Fsp3) is 0.625. The number of amides is 1. The first-order chi connectivity index (χ1) is 5.74. The molecule has 2 aliphatic heterocycles. The van der Waals surface area contributed by atoms with Gasteiger partial charge in [0.1, 0.15) is 0 Å². The Morgan fingerprint density at radius 3 is 2.92 bits per heavy atom. The van der Waals surface area contributed by atoms with Crippen LogP contribution in [0.3, 0.4) is 0 Å². The van der Waals surface area contributed by atoms with E-state index in [1.807, 2.05) is 4.90 Å². The predicted molar refractivity (Wildman–Crippen MR) is 54.8 cm³/mol. The highest BCUT2D eigenvalue weighted by atomic mass is 127. The average Bonchev–Trinajstić information content (AvgIpc) is 2.27. The van der Waals surface area contributed by atoms with Crippen LogP contribution in [0.4, 0.5) is 0 Å². The number of rotatable bonds is 1. The van der Waals surface area contributed by atoms with Crippen molar-refractivity contribution < 1.29 is 4.79 Å². The summed E-state index contributed by atoms with van der Waals surface area (Å²) in [6.45, 7) is 5.49. The Morgan fingerprint density at radius 1 is 1.58 bits per heavy atom. The number of nitrogens with zero attached hydrogens (tertiary/aromatic N) is 2. The van der Waals surface area contributed by atoms with Crippen molar-refractivity contribution in [1.29, 1.82) is 0 Å². The van der Waals surface area contributed by atoms with Gasteiger partial charge in [-0.1, -0.05) is 6.58 Å². The van der Waals surface area contributed by atoms with Gasteiger partial charge < -0.3 is 4.90 Å². The zero-order valence-electron chi connectivity index (χ0n) is 6.74. The molecule has 0 saturated carbocycles. The maximum atomic E-state index is 11.2. The van der Waals surface area contributed by atoms with Crippen LogP contribution < -0.4 is 0 Å². The van der Waals surface area contributed by atoms with Gasteiger partial charge in [-0.05, 0) is 12.5 Å². The smallest absolute Gasteiger partial charge is 0.246 e. The largest absolute Gasteiger partial charge is 0.333 e. The quantitative estimate of drug-likeness (QED) is 0.402. The van der Waals surface area contributed by atoms with Gasteiger partial charge >= 0.3 is 0 Å². The monoisotopic (exact) mass is 278 g/mol. The van der Waals surface area contributed by atoms with Crippen molar-refractivity contribution in [3.63, 3.8) is 0 Å². The van der Waals surface area contributed by atoms with Crippen molar-refractivity contribution in [3.05, 3.63) is 12.7 Å². The van der Waals surface area contributed by atoms with E-state index in [0.29, 0.717) is 12.1 Å². The minimum absolute atomic E-state index is 0.0861. The molecular formula is C8H11IN2O. The molecule has 4 heteroatoms. The van der Waals surface area contributed by atoms with Crippen LogP contribution in [0.25, 0.3) is 0 Å². The van der Waals surface area contributed by atoms with Gasteiger partial charge in [-0.15, -0.1) is 0 Å². The van der Waals surface area contributed by atoms with Gasteiger partial charge in [0.15, 0.2) is 0 Å². The average molecular weight is 278 g/mol. The second-order valence-electron chi connectivity index (χ2n) is 3.24. The van der Waals surface area contributed by atoms with Crippen molar-refractivity contribution in [1.82, 2.24) is 8.01 Å². The molecule has 2 rings (SSSR count). The molecule has 0 aliphatic carbocycles. The molecule has 0 aromatic carbocycles. The molecule has 2 saturated heterocycles. The van der Waals surface area contributed by atoms with Gasteiger partial charge in [-0.2, -0.15) is 0 Å². The van der Waals surface area contributed by atoms with Crippen LogP contribution in [0.2, 0.25) is 0 Å². The molecule has 0 radical (unpaired) electrons. The first kappa shape index (κ1) is 8.50. The Bertz CT molecular complexity index is 231. The number of carbonyl (C=O) groups is 1. The molecule has 2 unspecified atom stereocenters. The first-order valence-corrected chi connectivity index (χ1v) is 5.06. The summed E-state index contributed by atoms with van der Waals surface area (Å²) in [5, 5.41) is 0. The fourth-order valence-corrected chi connectivity index (χ4v) is 2.77. The van der Waals surface area contributed by atoms with Crippen molar-refractivity contribution >= 4 is 28.8 Å².